The smallest absolute Gasteiger partial charge is 0.328 e. The number of imidazole rings is 1. The van der Waals surface area contributed by atoms with E-state index in [4.69, 9.17) is 16.3 Å². The van der Waals surface area contributed by atoms with Crippen LogP contribution in [0.1, 0.15) is 31.9 Å². The Morgan fingerprint density at radius 1 is 1.00 bits per heavy atom. The summed E-state index contributed by atoms with van der Waals surface area (Å²) in [4.78, 5) is 44.6. The lowest BCUT2D eigenvalue weighted by Gasteiger charge is -2.43. The number of aryl methyl sites for hydroxylation is 2. The molecule has 276 valence electrons. The summed E-state index contributed by atoms with van der Waals surface area (Å²) in [6.45, 7) is 9.87. The van der Waals surface area contributed by atoms with E-state index in [1.165, 1.54) is 11.0 Å². The second kappa shape index (κ2) is 14.3. The topological polar surface area (TPSA) is 128 Å². The molecule has 3 fully saturated rings. The minimum Gasteiger partial charge on any atom is -0.453 e. The monoisotopic (exact) mass is 740 g/mol. The third-order valence-corrected chi connectivity index (χ3v) is 10.9. The minimum absolute atomic E-state index is 0.203. The summed E-state index contributed by atoms with van der Waals surface area (Å²) in [5.41, 5.74) is 5.05. The third-order valence-electron chi connectivity index (χ3n) is 10.6. The molecule has 0 aliphatic carbocycles. The van der Waals surface area contributed by atoms with Crippen molar-refractivity contribution in [3.05, 3.63) is 71.4 Å². The van der Waals surface area contributed by atoms with E-state index in [1.807, 2.05) is 32.3 Å². The van der Waals surface area contributed by atoms with Crippen LogP contribution in [0, 0.1) is 18.7 Å². The second-order valence-corrected chi connectivity index (χ2v) is 14.6. The van der Waals surface area contributed by atoms with Gasteiger partial charge in [-0.05, 0) is 75.1 Å². The maximum Gasteiger partial charge on any atom is 0.328 e. The predicted molar refractivity (Wildman–Crippen MR) is 202 cm³/mol. The quantitative estimate of drug-likeness (QED) is 0.193. The van der Waals surface area contributed by atoms with Gasteiger partial charge in [0.25, 0.3) is 0 Å². The van der Waals surface area contributed by atoms with Crippen molar-refractivity contribution < 1.29 is 18.7 Å². The number of carbonyl (C=O) groups excluding carboxylic acids is 2. The number of nitrogens with one attached hydrogen (secondary N) is 2. The van der Waals surface area contributed by atoms with Gasteiger partial charge in [-0.1, -0.05) is 11.6 Å². The maximum atomic E-state index is 15.2. The first kappa shape index (κ1) is 34.9. The Kier molecular flexibility index (Phi) is 9.41. The number of nitrogens with zero attached hydrogens (tertiary/aromatic N) is 8. The van der Waals surface area contributed by atoms with Gasteiger partial charge < -0.3 is 19.5 Å². The fourth-order valence-corrected chi connectivity index (χ4v) is 7.92. The number of hydrogen-bond donors (Lipinski definition) is 2. The summed E-state index contributed by atoms with van der Waals surface area (Å²) < 4.78 is 23.3. The van der Waals surface area contributed by atoms with Gasteiger partial charge in [0.1, 0.15) is 27.9 Å². The summed E-state index contributed by atoms with van der Waals surface area (Å²) in [6.07, 6.45) is 5.65. The van der Waals surface area contributed by atoms with Gasteiger partial charge >= 0.3 is 6.03 Å². The number of pyridine rings is 1. The number of benzene rings is 2. The van der Waals surface area contributed by atoms with Crippen molar-refractivity contribution in [2.24, 2.45) is 13.0 Å². The molecule has 3 aliphatic rings. The van der Waals surface area contributed by atoms with Crippen molar-refractivity contribution in [2.75, 3.05) is 60.5 Å². The van der Waals surface area contributed by atoms with E-state index in [0.29, 0.717) is 56.8 Å². The number of amides is 3. The number of hydrogen-bond acceptors (Lipinski definition) is 9. The lowest BCUT2D eigenvalue weighted by molar-refractivity contribution is -0.120. The summed E-state index contributed by atoms with van der Waals surface area (Å²) in [6, 6.07) is 12.9. The molecular weight excluding hydrogens is 699 g/mol. The normalized spacial score (nSPS) is 19.0. The number of aromatic amines is 1. The SMILES string of the molecule is Cc1nn(C)cc1-c1nc2ncc(Cl)c(Oc3ccc(N4CCN(CC5CCN(c6ccc(N7CCC(=O)NC7=O)cc6F)CC5)[C@@H](C)C4)cc3)c2[nH]1. The number of fused-ring (bicyclic) bond motifs is 1. The van der Waals surface area contributed by atoms with Crippen LogP contribution >= 0.6 is 11.6 Å². The minimum atomic E-state index is -0.511. The van der Waals surface area contributed by atoms with Crippen LogP contribution in [0.2, 0.25) is 5.02 Å². The highest BCUT2D eigenvalue weighted by atomic mass is 35.5. The molecule has 3 saturated heterocycles. The van der Waals surface area contributed by atoms with E-state index in [0.717, 1.165) is 69.1 Å². The molecular formula is C38H42ClFN10O3. The Morgan fingerprint density at radius 2 is 1.77 bits per heavy atom. The Labute approximate surface area is 311 Å². The molecule has 0 unspecified atom stereocenters. The Morgan fingerprint density at radius 3 is 2.47 bits per heavy atom. The fraction of sp³-hybridized carbons (Fsp3) is 0.395. The number of halogens is 2. The lowest BCUT2D eigenvalue weighted by Crippen LogP contribution is -2.53. The maximum absolute atomic E-state index is 15.2. The van der Waals surface area contributed by atoms with Gasteiger partial charge in [-0.3, -0.25) is 24.6 Å². The number of imide groups is 1. The molecule has 8 rings (SSSR count). The largest absolute Gasteiger partial charge is 0.453 e. The van der Waals surface area contributed by atoms with Gasteiger partial charge in [0.05, 0.1) is 23.1 Å². The van der Waals surface area contributed by atoms with Crippen LogP contribution in [0.5, 0.6) is 11.5 Å². The number of piperazine rings is 1. The summed E-state index contributed by atoms with van der Waals surface area (Å²) in [7, 11) is 1.87. The highest BCUT2D eigenvalue weighted by Gasteiger charge is 2.30. The number of piperidine rings is 1. The van der Waals surface area contributed by atoms with Crippen LogP contribution in [0.4, 0.5) is 26.2 Å². The number of aromatic nitrogens is 5. The van der Waals surface area contributed by atoms with E-state index in [2.05, 4.69) is 59.1 Å². The number of anilines is 3. The summed E-state index contributed by atoms with van der Waals surface area (Å²) in [5, 5.41) is 7.11. The summed E-state index contributed by atoms with van der Waals surface area (Å²) >= 11 is 6.57. The van der Waals surface area contributed by atoms with E-state index in [9.17, 15) is 9.59 Å². The number of ether oxygens (including phenoxy) is 1. The highest BCUT2D eigenvalue weighted by molar-refractivity contribution is 6.32. The second-order valence-electron chi connectivity index (χ2n) is 14.2. The third kappa shape index (κ3) is 7.12. The average Bonchev–Trinajstić information content (AvgIpc) is 3.73. The van der Waals surface area contributed by atoms with Crippen molar-refractivity contribution in [3.8, 4) is 22.9 Å². The molecule has 1 atom stereocenters. The zero-order valence-corrected chi connectivity index (χ0v) is 30.7. The predicted octanol–water partition coefficient (Wildman–Crippen LogP) is 6.13. The number of urea groups is 1. The van der Waals surface area contributed by atoms with Gasteiger partial charge in [0.15, 0.2) is 11.4 Å². The molecule has 0 spiro atoms. The van der Waals surface area contributed by atoms with Gasteiger partial charge in [0.2, 0.25) is 5.91 Å². The number of rotatable bonds is 8. The molecule has 6 heterocycles. The van der Waals surface area contributed by atoms with Crippen LogP contribution in [-0.2, 0) is 11.8 Å². The van der Waals surface area contributed by atoms with Crippen molar-refractivity contribution in [3.63, 3.8) is 0 Å². The van der Waals surface area contributed by atoms with Crippen molar-refractivity contribution in [2.45, 2.75) is 39.2 Å². The Hall–Kier alpha value is -5.21. The van der Waals surface area contributed by atoms with Crippen molar-refractivity contribution in [1.29, 1.82) is 0 Å². The van der Waals surface area contributed by atoms with Crippen LogP contribution in [-0.4, -0.2) is 93.4 Å². The molecule has 0 bridgehead atoms. The Bertz CT molecular complexity index is 2160. The number of H-pyrrole nitrogens is 1. The van der Waals surface area contributed by atoms with Crippen LogP contribution < -0.4 is 24.8 Å². The van der Waals surface area contributed by atoms with Crippen LogP contribution in [0.3, 0.4) is 0 Å². The average molecular weight is 741 g/mol. The molecule has 53 heavy (non-hydrogen) atoms. The van der Waals surface area contributed by atoms with Crippen LogP contribution in [0.15, 0.2) is 54.9 Å². The Balaban J connectivity index is 0.843. The summed E-state index contributed by atoms with van der Waals surface area (Å²) in [5.74, 6) is 1.68. The standard InChI is InChI=1S/C38H42ClFN10O3/c1-23-20-49(26-4-7-28(8-5-26)53-35-30(39)19-41-37-34(35)43-36(44-37)29-22-46(3)45-24(29)2)17-16-48(23)21-25-10-13-47(14-11-25)32-9-6-27(18-31(32)40)50-15-12-33(51)42-38(50)52/h4-9,18-19,22-23,25H,10-17,20-21H2,1-3H3,(H,41,43,44)(H,42,51,52)/t23-/m0/s1. The first-order chi connectivity index (χ1) is 25.6. The van der Waals surface area contributed by atoms with E-state index in [-0.39, 0.29) is 24.7 Å². The molecule has 0 radical (unpaired) electrons. The van der Waals surface area contributed by atoms with Crippen molar-refractivity contribution >= 4 is 51.8 Å². The number of carbonyl (C=O) groups is 2. The van der Waals surface area contributed by atoms with E-state index in [1.54, 1.807) is 23.0 Å². The highest BCUT2D eigenvalue weighted by Crippen LogP contribution is 2.37. The van der Waals surface area contributed by atoms with Crippen molar-refractivity contribution in [1.82, 2.24) is 34.9 Å². The zero-order chi connectivity index (χ0) is 36.8. The lowest BCUT2D eigenvalue weighted by atomic mass is 9.94. The van der Waals surface area contributed by atoms with Gasteiger partial charge in [0, 0.05) is 82.9 Å². The molecule has 0 saturated carbocycles. The molecule has 2 aromatic carbocycles. The molecule has 15 heteroatoms. The van der Waals surface area contributed by atoms with E-state index < -0.39 is 6.03 Å². The van der Waals surface area contributed by atoms with Crippen LogP contribution in [0.25, 0.3) is 22.6 Å². The first-order valence-corrected chi connectivity index (χ1v) is 18.4. The molecule has 3 amide bonds. The van der Waals surface area contributed by atoms with Gasteiger partial charge in [-0.2, -0.15) is 5.10 Å². The zero-order valence-electron chi connectivity index (χ0n) is 30.0. The molecule has 5 aromatic rings. The van der Waals surface area contributed by atoms with Gasteiger partial charge in [-0.15, -0.1) is 0 Å². The molecule has 2 N–H and O–H groups in total. The van der Waals surface area contributed by atoms with E-state index >= 15 is 4.39 Å². The molecule has 3 aromatic heterocycles. The molecule has 13 nitrogen and oxygen atoms in total. The first-order valence-electron chi connectivity index (χ1n) is 18.1. The fourth-order valence-electron chi connectivity index (χ4n) is 7.73. The molecule has 3 aliphatic heterocycles. The van der Waals surface area contributed by atoms with Gasteiger partial charge in [-0.25, -0.2) is 19.2 Å².